The third-order valence-electron chi connectivity index (χ3n) is 4.27. The fourth-order valence-electron chi connectivity index (χ4n) is 2.85. The standard InChI is InChI=1S/C16H25N5O3/c1-12-4-6-21(18-12)7-5-15(23)20-9-8-19(13(2)22)10-14(11-20)16(24)17-3/h4,6,14H,5,7-11H2,1-3H3,(H,17,24). The summed E-state index contributed by atoms with van der Waals surface area (Å²) in [6, 6.07) is 1.89. The molecule has 1 aromatic heterocycles. The lowest BCUT2D eigenvalue weighted by atomic mass is 10.1. The Morgan fingerprint density at radius 2 is 1.92 bits per heavy atom. The predicted octanol–water partition coefficient (Wildman–Crippen LogP) is -0.365. The Kier molecular flexibility index (Phi) is 5.94. The maximum atomic E-state index is 12.5. The second-order valence-corrected chi connectivity index (χ2v) is 6.09. The summed E-state index contributed by atoms with van der Waals surface area (Å²) in [5.74, 6) is -0.659. The summed E-state index contributed by atoms with van der Waals surface area (Å²) in [6.07, 6.45) is 2.16. The SMILES string of the molecule is CNC(=O)C1CN(C(C)=O)CCN(C(=O)CCn2ccc(C)n2)C1. The highest BCUT2D eigenvalue weighted by Crippen LogP contribution is 2.12. The first kappa shape index (κ1) is 18.0. The number of aromatic nitrogens is 2. The van der Waals surface area contributed by atoms with Crippen molar-refractivity contribution in [3.8, 4) is 0 Å². The van der Waals surface area contributed by atoms with Gasteiger partial charge < -0.3 is 15.1 Å². The van der Waals surface area contributed by atoms with Gasteiger partial charge >= 0.3 is 0 Å². The van der Waals surface area contributed by atoms with Crippen molar-refractivity contribution in [3.05, 3.63) is 18.0 Å². The summed E-state index contributed by atoms with van der Waals surface area (Å²) in [5.41, 5.74) is 0.911. The summed E-state index contributed by atoms with van der Waals surface area (Å²) < 4.78 is 1.74. The Hall–Kier alpha value is -2.38. The smallest absolute Gasteiger partial charge is 0.226 e. The van der Waals surface area contributed by atoms with Gasteiger partial charge in [0, 0.05) is 59.3 Å². The van der Waals surface area contributed by atoms with E-state index in [1.54, 1.807) is 21.5 Å². The molecule has 8 nitrogen and oxygen atoms in total. The molecular formula is C16H25N5O3. The number of hydrogen-bond donors (Lipinski definition) is 1. The lowest BCUT2D eigenvalue weighted by molar-refractivity contribution is -0.133. The van der Waals surface area contributed by atoms with Gasteiger partial charge in [-0.15, -0.1) is 0 Å². The van der Waals surface area contributed by atoms with Gasteiger partial charge in [-0.25, -0.2) is 0 Å². The van der Waals surface area contributed by atoms with Crippen LogP contribution >= 0.6 is 0 Å². The number of aryl methyl sites for hydroxylation is 2. The van der Waals surface area contributed by atoms with E-state index in [1.165, 1.54) is 6.92 Å². The lowest BCUT2D eigenvalue weighted by Gasteiger charge is -2.23. The number of carbonyl (C=O) groups is 3. The van der Waals surface area contributed by atoms with E-state index in [1.807, 2.05) is 19.2 Å². The minimum Gasteiger partial charge on any atom is -0.359 e. The molecule has 0 radical (unpaired) electrons. The van der Waals surface area contributed by atoms with Crippen molar-refractivity contribution < 1.29 is 14.4 Å². The molecule has 1 atom stereocenters. The second-order valence-electron chi connectivity index (χ2n) is 6.09. The molecule has 0 aromatic carbocycles. The zero-order valence-electron chi connectivity index (χ0n) is 14.5. The van der Waals surface area contributed by atoms with Crippen LogP contribution < -0.4 is 5.32 Å². The molecule has 1 aliphatic heterocycles. The van der Waals surface area contributed by atoms with Crippen LogP contribution in [0.4, 0.5) is 0 Å². The van der Waals surface area contributed by atoms with Crippen molar-refractivity contribution in [1.29, 1.82) is 0 Å². The first-order chi connectivity index (χ1) is 11.4. The van der Waals surface area contributed by atoms with E-state index < -0.39 is 5.92 Å². The third-order valence-corrected chi connectivity index (χ3v) is 4.27. The average Bonchev–Trinajstić information content (AvgIpc) is 2.84. The van der Waals surface area contributed by atoms with Crippen LogP contribution in [-0.2, 0) is 20.9 Å². The number of rotatable bonds is 4. The molecule has 0 saturated carbocycles. The molecule has 2 rings (SSSR count). The normalized spacial score (nSPS) is 18.2. The monoisotopic (exact) mass is 335 g/mol. The molecule has 0 spiro atoms. The molecule has 1 fully saturated rings. The van der Waals surface area contributed by atoms with Crippen LogP contribution in [0, 0.1) is 12.8 Å². The van der Waals surface area contributed by atoms with Crippen molar-refractivity contribution in [1.82, 2.24) is 24.9 Å². The molecule has 132 valence electrons. The van der Waals surface area contributed by atoms with Crippen molar-refractivity contribution in [2.24, 2.45) is 5.92 Å². The van der Waals surface area contributed by atoms with Gasteiger partial charge in [0.2, 0.25) is 17.7 Å². The average molecular weight is 335 g/mol. The van der Waals surface area contributed by atoms with E-state index in [-0.39, 0.29) is 17.7 Å². The Bertz CT molecular complexity index is 613. The topological polar surface area (TPSA) is 87.5 Å². The molecule has 3 amide bonds. The van der Waals surface area contributed by atoms with Crippen LogP contribution in [0.25, 0.3) is 0 Å². The zero-order chi connectivity index (χ0) is 17.7. The molecule has 0 bridgehead atoms. The van der Waals surface area contributed by atoms with Gasteiger partial charge in [-0.3, -0.25) is 19.1 Å². The number of carbonyl (C=O) groups excluding carboxylic acids is 3. The first-order valence-electron chi connectivity index (χ1n) is 8.15. The van der Waals surface area contributed by atoms with Crippen LogP contribution in [0.15, 0.2) is 12.3 Å². The van der Waals surface area contributed by atoms with Crippen LogP contribution in [0.3, 0.4) is 0 Å². The second kappa shape index (κ2) is 7.94. The van der Waals surface area contributed by atoms with Crippen molar-refractivity contribution in [3.63, 3.8) is 0 Å². The van der Waals surface area contributed by atoms with E-state index in [0.29, 0.717) is 39.1 Å². The third kappa shape index (κ3) is 4.56. The highest BCUT2D eigenvalue weighted by molar-refractivity contribution is 5.82. The molecule has 2 heterocycles. The largest absolute Gasteiger partial charge is 0.359 e. The first-order valence-corrected chi connectivity index (χ1v) is 8.15. The maximum Gasteiger partial charge on any atom is 0.226 e. The van der Waals surface area contributed by atoms with E-state index in [4.69, 9.17) is 0 Å². The number of nitrogens with zero attached hydrogens (tertiary/aromatic N) is 4. The van der Waals surface area contributed by atoms with Gasteiger partial charge in [0.05, 0.1) is 11.6 Å². The van der Waals surface area contributed by atoms with E-state index in [2.05, 4.69) is 10.4 Å². The molecule has 1 saturated heterocycles. The zero-order valence-corrected chi connectivity index (χ0v) is 14.5. The number of hydrogen-bond acceptors (Lipinski definition) is 4. The Labute approximate surface area is 141 Å². The summed E-state index contributed by atoms with van der Waals surface area (Å²) >= 11 is 0. The molecule has 1 aliphatic rings. The minimum absolute atomic E-state index is 0.0255. The molecule has 24 heavy (non-hydrogen) atoms. The molecule has 1 aromatic rings. The molecule has 0 aliphatic carbocycles. The van der Waals surface area contributed by atoms with Gasteiger partial charge in [0.15, 0.2) is 0 Å². The molecule has 1 unspecified atom stereocenters. The minimum atomic E-state index is -0.405. The van der Waals surface area contributed by atoms with E-state index in [0.717, 1.165) is 5.69 Å². The quantitative estimate of drug-likeness (QED) is 0.814. The van der Waals surface area contributed by atoms with Crippen molar-refractivity contribution in [2.45, 2.75) is 26.8 Å². The van der Waals surface area contributed by atoms with E-state index >= 15 is 0 Å². The highest BCUT2D eigenvalue weighted by Gasteiger charge is 2.30. The molecule has 8 heteroatoms. The van der Waals surface area contributed by atoms with Crippen LogP contribution in [-0.4, -0.2) is 70.5 Å². The van der Waals surface area contributed by atoms with Crippen molar-refractivity contribution in [2.75, 3.05) is 33.2 Å². The lowest BCUT2D eigenvalue weighted by Crippen LogP contribution is -2.42. The Balaban J connectivity index is 2.00. The van der Waals surface area contributed by atoms with Crippen LogP contribution in [0.5, 0.6) is 0 Å². The van der Waals surface area contributed by atoms with Crippen LogP contribution in [0.2, 0.25) is 0 Å². The molecule has 1 N–H and O–H groups in total. The predicted molar refractivity (Wildman–Crippen MR) is 88.0 cm³/mol. The maximum absolute atomic E-state index is 12.5. The van der Waals surface area contributed by atoms with Gasteiger partial charge in [-0.1, -0.05) is 0 Å². The van der Waals surface area contributed by atoms with E-state index in [9.17, 15) is 14.4 Å². The Morgan fingerprint density at radius 1 is 1.25 bits per heavy atom. The van der Waals surface area contributed by atoms with Gasteiger partial charge in [-0.05, 0) is 13.0 Å². The summed E-state index contributed by atoms with van der Waals surface area (Å²) in [7, 11) is 1.57. The van der Waals surface area contributed by atoms with Gasteiger partial charge in [0.25, 0.3) is 0 Å². The summed E-state index contributed by atoms with van der Waals surface area (Å²) in [4.78, 5) is 39.5. The van der Waals surface area contributed by atoms with Gasteiger partial charge in [-0.2, -0.15) is 5.10 Å². The van der Waals surface area contributed by atoms with Crippen molar-refractivity contribution >= 4 is 17.7 Å². The summed E-state index contributed by atoms with van der Waals surface area (Å²) in [6.45, 7) is 5.47. The fraction of sp³-hybridized carbons (Fsp3) is 0.625. The highest BCUT2D eigenvalue weighted by atomic mass is 16.2. The fourth-order valence-corrected chi connectivity index (χ4v) is 2.85. The number of nitrogens with one attached hydrogen (secondary N) is 1. The summed E-state index contributed by atoms with van der Waals surface area (Å²) in [5, 5.41) is 6.88. The van der Waals surface area contributed by atoms with Gasteiger partial charge in [0.1, 0.15) is 0 Å². The Morgan fingerprint density at radius 3 is 2.50 bits per heavy atom. The number of amides is 3. The van der Waals surface area contributed by atoms with Crippen LogP contribution in [0.1, 0.15) is 19.0 Å². The molecular weight excluding hydrogens is 310 g/mol.